The fraction of sp³-hybridized carbons (Fsp3) is 0.120. The Morgan fingerprint density at radius 2 is 1.48 bits per heavy atom. The van der Waals surface area contributed by atoms with Gasteiger partial charge in [0, 0.05) is 18.4 Å². The van der Waals surface area contributed by atoms with Crippen LogP contribution in [0.1, 0.15) is 24.2 Å². The van der Waals surface area contributed by atoms with Crippen LogP contribution in [0.15, 0.2) is 97.2 Å². The zero-order valence-corrected chi connectivity index (χ0v) is 16.3. The number of benzene rings is 3. The second-order valence-corrected chi connectivity index (χ2v) is 7.33. The standard InChI is InChI=1S/C25H22N4/c1-19(29-24-15-9-8-14-23(24)26-27-29)25-16-22(21-12-6-3-7-13-21)18-28(25)17-20-10-4-2-5-11-20/h2-16,18-19H,17H2,1H3. The molecule has 0 N–H and O–H groups in total. The number of nitrogens with zero attached hydrogens (tertiary/aromatic N) is 4. The van der Waals surface area contributed by atoms with E-state index in [4.69, 9.17) is 0 Å². The van der Waals surface area contributed by atoms with Gasteiger partial charge in [-0.05, 0) is 41.8 Å². The monoisotopic (exact) mass is 378 g/mol. The summed E-state index contributed by atoms with van der Waals surface area (Å²) in [4.78, 5) is 0. The lowest BCUT2D eigenvalue weighted by Crippen LogP contribution is -2.14. The molecule has 2 heterocycles. The number of para-hydroxylation sites is 1. The smallest absolute Gasteiger partial charge is 0.113 e. The third kappa shape index (κ3) is 3.34. The average molecular weight is 378 g/mol. The second kappa shape index (κ2) is 7.40. The van der Waals surface area contributed by atoms with Crippen LogP contribution in [-0.2, 0) is 6.54 Å². The molecule has 0 saturated carbocycles. The minimum atomic E-state index is 0.0589. The van der Waals surface area contributed by atoms with E-state index in [9.17, 15) is 0 Å². The topological polar surface area (TPSA) is 35.6 Å². The number of hydrogen-bond donors (Lipinski definition) is 0. The lowest BCUT2D eigenvalue weighted by Gasteiger charge is -2.16. The van der Waals surface area contributed by atoms with Gasteiger partial charge >= 0.3 is 0 Å². The molecule has 0 fully saturated rings. The molecule has 5 aromatic rings. The van der Waals surface area contributed by atoms with Gasteiger partial charge in [0.2, 0.25) is 0 Å². The quantitative estimate of drug-likeness (QED) is 0.401. The van der Waals surface area contributed by atoms with Gasteiger partial charge < -0.3 is 4.57 Å². The first-order valence-electron chi connectivity index (χ1n) is 9.89. The molecule has 2 aromatic heterocycles. The van der Waals surface area contributed by atoms with Crippen LogP contribution in [0.2, 0.25) is 0 Å². The van der Waals surface area contributed by atoms with Gasteiger partial charge in [-0.15, -0.1) is 5.10 Å². The van der Waals surface area contributed by atoms with Crippen LogP contribution in [0.5, 0.6) is 0 Å². The van der Waals surface area contributed by atoms with Crippen LogP contribution >= 0.6 is 0 Å². The van der Waals surface area contributed by atoms with Crippen LogP contribution in [0, 0.1) is 0 Å². The Hall–Kier alpha value is -3.66. The fourth-order valence-electron chi connectivity index (χ4n) is 3.89. The number of rotatable bonds is 5. The van der Waals surface area contributed by atoms with Crippen molar-refractivity contribution in [2.45, 2.75) is 19.5 Å². The Balaban J connectivity index is 1.61. The summed E-state index contributed by atoms with van der Waals surface area (Å²) in [6.07, 6.45) is 2.24. The summed E-state index contributed by atoms with van der Waals surface area (Å²) in [5, 5.41) is 8.80. The minimum Gasteiger partial charge on any atom is -0.344 e. The summed E-state index contributed by atoms with van der Waals surface area (Å²) in [5.41, 5.74) is 6.89. The normalized spacial score (nSPS) is 12.3. The first-order chi connectivity index (χ1) is 14.3. The molecule has 29 heavy (non-hydrogen) atoms. The molecular formula is C25H22N4. The van der Waals surface area contributed by atoms with E-state index in [2.05, 4.69) is 101 Å². The summed E-state index contributed by atoms with van der Waals surface area (Å²) in [6, 6.07) is 31.5. The van der Waals surface area contributed by atoms with Crippen molar-refractivity contribution in [3.8, 4) is 11.1 Å². The van der Waals surface area contributed by atoms with E-state index in [1.165, 1.54) is 22.4 Å². The van der Waals surface area contributed by atoms with Crippen LogP contribution in [0.4, 0.5) is 0 Å². The van der Waals surface area contributed by atoms with Crippen LogP contribution in [-0.4, -0.2) is 19.6 Å². The molecular weight excluding hydrogens is 356 g/mol. The molecule has 0 aliphatic heterocycles. The Morgan fingerprint density at radius 3 is 2.28 bits per heavy atom. The van der Waals surface area contributed by atoms with Crippen LogP contribution in [0.3, 0.4) is 0 Å². The van der Waals surface area contributed by atoms with Crippen molar-refractivity contribution in [3.63, 3.8) is 0 Å². The molecule has 0 radical (unpaired) electrons. The van der Waals surface area contributed by atoms with Gasteiger partial charge in [-0.25, -0.2) is 4.68 Å². The van der Waals surface area contributed by atoms with Gasteiger partial charge in [-0.1, -0.05) is 78.0 Å². The highest BCUT2D eigenvalue weighted by Gasteiger charge is 2.18. The maximum atomic E-state index is 4.46. The van der Waals surface area contributed by atoms with Crippen molar-refractivity contribution in [1.82, 2.24) is 19.6 Å². The third-order valence-electron chi connectivity index (χ3n) is 5.41. The maximum Gasteiger partial charge on any atom is 0.113 e. The number of fused-ring (bicyclic) bond motifs is 1. The van der Waals surface area contributed by atoms with Crippen LogP contribution in [0.25, 0.3) is 22.2 Å². The van der Waals surface area contributed by atoms with Gasteiger partial charge in [0.25, 0.3) is 0 Å². The first-order valence-corrected chi connectivity index (χ1v) is 9.89. The summed E-state index contributed by atoms with van der Waals surface area (Å²) in [6.45, 7) is 3.01. The molecule has 0 spiro atoms. The van der Waals surface area contributed by atoms with E-state index in [1.54, 1.807) is 0 Å². The summed E-state index contributed by atoms with van der Waals surface area (Å²) < 4.78 is 4.35. The van der Waals surface area contributed by atoms with E-state index in [1.807, 2.05) is 22.9 Å². The van der Waals surface area contributed by atoms with E-state index in [0.717, 1.165) is 17.6 Å². The summed E-state index contributed by atoms with van der Waals surface area (Å²) in [7, 11) is 0. The van der Waals surface area contributed by atoms with Crippen molar-refractivity contribution < 1.29 is 0 Å². The van der Waals surface area contributed by atoms with Gasteiger partial charge in [0.15, 0.2) is 0 Å². The highest BCUT2D eigenvalue weighted by atomic mass is 15.4. The van der Waals surface area contributed by atoms with Gasteiger partial charge in [-0.3, -0.25) is 0 Å². The molecule has 3 aromatic carbocycles. The lowest BCUT2D eigenvalue weighted by atomic mass is 10.1. The van der Waals surface area contributed by atoms with Crippen molar-refractivity contribution in [3.05, 3.63) is 108 Å². The summed E-state index contributed by atoms with van der Waals surface area (Å²) in [5.74, 6) is 0. The molecule has 4 heteroatoms. The maximum absolute atomic E-state index is 4.46. The summed E-state index contributed by atoms with van der Waals surface area (Å²) >= 11 is 0. The van der Waals surface area contributed by atoms with Crippen molar-refractivity contribution in [2.75, 3.05) is 0 Å². The van der Waals surface area contributed by atoms with Crippen molar-refractivity contribution in [1.29, 1.82) is 0 Å². The van der Waals surface area contributed by atoms with E-state index < -0.39 is 0 Å². The predicted octanol–water partition coefficient (Wildman–Crippen LogP) is 5.56. The Bertz CT molecular complexity index is 1240. The molecule has 0 bridgehead atoms. The molecule has 0 aliphatic rings. The molecule has 142 valence electrons. The molecule has 1 atom stereocenters. The number of aromatic nitrogens is 4. The number of hydrogen-bond acceptors (Lipinski definition) is 2. The molecule has 5 rings (SSSR count). The SMILES string of the molecule is CC(c1cc(-c2ccccc2)cn1Cc1ccccc1)n1nnc2ccccc21. The predicted molar refractivity (Wildman–Crippen MR) is 117 cm³/mol. The fourth-order valence-corrected chi connectivity index (χ4v) is 3.89. The largest absolute Gasteiger partial charge is 0.344 e. The van der Waals surface area contributed by atoms with E-state index in [-0.39, 0.29) is 6.04 Å². The zero-order chi connectivity index (χ0) is 19.6. The average Bonchev–Trinajstić information content (AvgIpc) is 3.39. The zero-order valence-electron chi connectivity index (χ0n) is 16.3. The Morgan fingerprint density at radius 1 is 0.793 bits per heavy atom. The van der Waals surface area contributed by atoms with E-state index >= 15 is 0 Å². The molecule has 4 nitrogen and oxygen atoms in total. The molecule has 0 amide bonds. The highest BCUT2D eigenvalue weighted by molar-refractivity contribution is 5.74. The van der Waals surface area contributed by atoms with Crippen molar-refractivity contribution in [2.24, 2.45) is 0 Å². The second-order valence-electron chi connectivity index (χ2n) is 7.33. The molecule has 0 aliphatic carbocycles. The first kappa shape index (κ1) is 17.4. The van der Waals surface area contributed by atoms with Gasteiger partial charge in [0.05, 0.1) is 11.6 Å². The highest BCUT2D eigenvalue weighted by Crippen LogP contribution is 2.29. The Labute approximate surface area is 170 Å². The third-order valence-corrected chi connectivity index (χ3v) is 5.41. The lowest BCUT2D eigenvalue weighted by molar-refractivity contribution is 0.525. The minimum absolute atomic E-state index is 0.0589. The van der Waals surface area contributed by atoms with Gasteiger partial charge in [0.1, 0.15) is 5.52 Å². The van der Waals surface area contributed by atoms with Crippen molar-refractivity contribution >= 4 is 11.0 Å². The van der Waals surface area contributed by atoms with Gasteiger partial charge in [-0.2, -0.15) is 0 Å². The molecule has 0 saturated heterocycles. The van der Waals surface area contributed by atoms with E-state index in [0.29, 0.717) is 0 Å². The molecule has 1 unspecified atom stereocenters. The Kier molecular flexibility index (Phi) is 4.45. The van der Waals surface area contributed by atoms with Crippen LogP contribution < -0.4 is 0 Å².